The predicted octanol–water partition coefficient (Wildman–Crippen LogP) is 3.36. The molecule has 168 valence electrons. The molecule has 0 bridgehead atoms. The zero-order valence-electron chi connectivity index (χ0n) is 16.9. The number of nitrogens with zero attached hydrogens (tertiary/aromatic N) is 2. The van der Waals surface area contributed by atoms with Crippen LogP contribution in [0.1, 0.15) is 19.3 Å². The third-order valence-corrected chi connectivity index (χ3v) is 5.65. The molecule has 2 heterocycles. The first-order valence-corrected chi connectivity index (χ1v) is 10.5. The van der Waals surface area contributed by atoms with E-state index in [1.54, 1.807) is 18.2 Å². The van der Waals surface area contributed by atoms with Crippen LogP contribution < -0.4 is 15.0 Å². The SMILES string of the molecule is O=C(Nc1cc(F)cc(F)c1)[C@H]1CCCCN1C(=O)CN1C(=O)COc2ccc(Cl)cc21. The highest BCUT2D eigenvalue weighted by molar-refractivity contribution is 6.31. The van der Waals surface area contributed by atoms with Crippen LogP contribution in [-0.2, 0) is 14.4 Å². The lowest BCUT2D eigenvalue weighted by atomic mass is 10.0. The van der Waals surface area contributed by atoms with Gasteiger partial charge < -0.3 is 15.0 Å². The maximum absolute atomic E-state index is 13.5. The maximum atomic E-state index is 13.5. The Balaban J connectivity index is 1.51. The average Bonchev–Trinajstić information content (AvgIpc) is 2.75. The monoisotopic (exact) mass is 463 g/mol. The summed E-state index contributed by atoms with van der Waals surface area (Å²) >= 11 is 6.04. The lowest BCUT2D eigenvalue weighted by Crippen LogP contribution is -2.54. The molecule has 0 unspecified atom stereocenters. The van der Waals surface area contributed by atoms with E-state index in [1.807, 2.05) is 0 Å². The Hall–Kier alpha value is -3.20. The number of hydrogen-bond donors (Lipinski definition) is 1. The van der Waals surface area contributed by atoms with Crippen LogP contribution in [0.3, 0.4) is 0 Å². The van der Waals surface area contributed by atoms with E-state index in [0.29, 0.717) is 48.3 Å². The van der Waals surface area contributed by atoms with Crippen molar-refractivity contribution in [2.75, 3.05) is 29.9 Å². The van der Waals surface area contributed by atoms with Crippen LogP contribution in [-0.4, -0.2) is 48.4 Å². The van der Waals surface area contributed by atoms with Gasteiger partial charge >= 0.3 is 0 Å². The fourth-order valence-corrected chi connectivity index (χ4v) is 4.10. The summed E-state index contributed by atoms with van der Waals surface area (Å²) in [6, 6.07) is 6.67. The Morgan fingerprint density at radius 3 is 2.62 bits per heavy atom. The van der Waals surface area contributed by atoms with Crippen molar-refractivity contribution in [3.63, 3.8) is 0 Å². The number of ether oxygens (including phenoxy) is 1. The van der Waals surface area contributed by atoms with Crippen molar-refractivity contribution in [1.29, 1.82) is 0 Å². The van der Waals surface area contributed by atoms with Gasteiger partial charge in [-0.25, -0.2) is 8.78 Å². The van der Waals surface area contributed by atoms with Gasteiger partial charge in [-0.1, -0.05) is 11.6 Å². The van der Waals surface area contributed by atoms with E-state index in [9.17, 15) is 23.2 Å². The van der Waals surface area contributed by atoms with Gasteiger partial charge in [-0.05, 0) is 49.6 Å². The fraction of sp³-hybridized carbons (Fsp3) is 0.318. The van der Waals surface area contributed by atoms with Crippen molar-refractivity contribution in [3.8, 4) is 5.75 Å². The van der Waals surface area contributed by atoms with E-state index in [2.05, 4.69) is 5.32 Å². The number of nitrogens with one attached hydrogen (secondary N) is 1. The van der Waals surface area contributed by atoms with Gasteiger partial charge in [-0.2, -0.15) is 0 Å². The summed E-state index contributed by atoms with van der Waals surface area (Å²) < 4.78 is 32.3. The molecular weight excluding hydrogens is 444 g/mol. The summed E-state index contributed by atoms with van der Waals surface area (Å²) in [5, 5.41) is 2.87. The van der Waals surface area contributed by atoms with Crippen molar-refractivity contribution in [2.45, 2.75) is 25.3 Å². The summed E-state index contributed by atoms with van der Waals surface area (Å²) in [7, 11) is 0. The van der Waals surface area contributed by atoms with E-state index in [4.69, 9.17) is 16.3 Å². The minimum atomic E-state index is -0.822. The average molecular weight is 464 g/mol. The fourth-order valence-electron chi connectivity index (χ4n) is 3.93. The molecule has 1 N–H and O–H groups in total. The zero-order chi connectivity index (χ0) is 22.8. The van der Waals surface area contributed by atoms with Crippen molar-refractivity contribution >= 4 is 40.7 Å². The summed E-state index contributed by atoms with van der Waals surface area (Å²) in [5.74, 6) is -2.57. The molecule has 4 rings (SSSR count). The number of amides is 3. The predicted molar refractivity (Wildman–Crippen MR) is 114 cm³/mol. The molecule has 7 nitrogen and oxygen atoms in total. The molecule has 10 heteroatoms. The third-order valence-electron chi connectivity index (χ3n) is 5.41. The number of rotatable bonds is 4. The van der Waals surface area contributed by atoms with E-state index < -0.39 is 35.4 Å². The molecule has 32 heavy (non-hydrogen) atoms. The Kier molecular flexibility index (Phi) is 6.27. The Labute approximate surface area is 187 Å². The molecule has 0 spiro atoms. The van der Waals surface area contributed by atoms with Crippen LogP contribution in [0.2, 0.25) is 5.02 Å². The summed E-state index contributed by atoms with van der Waals surface area (Å²) in [6.07, 6.45) is 1.81. The van der Waals surface area contributed by atoms with Crippen LogP contribution in [0.5, 0.6) is 5.75 Å². The molecule has 2 aromatic rings. The number of benzene rings is 2. The van der Waals surface area contributed by atoms with Gasteiger partial charge in [0.05, 0.1) is 5.69 Å². The van der Waals surface area contributed by atoms with Gasteiger partial charge in [0.15, 0.2) is 6.61 Å². The van der Waals surface area contributed by atoms with Gasteiger partial charge in [0.1, 0.15) is 30.0 Å². The molecule has 2 aromatic carbocycles. The molecule has 2 aliphatic heterocycles. The second-order valence-electron chi connectivity index (χ2n) is 7.63. The number of halogens is 3. The van der Waals surface area contributed by atoms with Gasteiger partial charge in [0.2, 0.25) is 11.8 Å². The van der Waals surface area contributed by atoms with Gasteiger partial charge in [-0.15, -0.1) is 0 Å². The number of carbonyl (C=O) groups is 3. The topological polar surface area (TPSA) is 79.0 Å². The number of anilines is 2. The molecule has 3 amide bonds. The maximum Gasteiger partial charge on any atom is 0.265 e. The van der Waals surface area contributed by atoms with E-state index in [-0.39, 0.29) is 18.8 Å². The van der Waals surface area contributed by atoms with Crippen molar-refractivity contribution in [1.82, 2.24) is 4.90 Å². The van der Waals surface area contributed by atoms with Crippen LogP contribution >= 0.6 is 11.6 Å². The van der Waals surface area contributed by atoms with Crippen LogP contribution in [0.15, 0.2) is 36.4 Å². The molecule has 1 saturated heterocycles. The highest BCUT2D eigenvalue weighted by Gasteiger charge is 2.35. The van der Waals surface area contributed by atoms with E-state index in [0.717, 1.165) is 12.1 Å². The molecule has 0 radical (unpaired) electrons. The minimum absolute atomic E-state index is 0.0302. The molecule has 0 saturated carbocycles. The number of piperidine rings is 1. The van der Waals surface area contributed by atoms with E-state index in [1.165, 1.54) is 9.80 Å². The highest BCUT2D eigenvalue weighted by Crippen LogP contribution is 2.34. The second-order valence-corrected chi connectivity index (χ2v) is 8.06. The Morgan fingerprint density at radius 2 is 1.88 bits per heavy atom. The standard InChI is InChI=1S/C22H20ClF2N3O4/c23-13-4-5-19-18(7-13)28(21(30)12-32-19)11-20(29)27-6-2-1-3-17(27)22(31)26-16-9-14(24)8-15(25)10-16/h4-5,7-10,17H,1-3,6,11-12H2,(H,26,31)/t17-/m1/s1. The van der Waals surface area contributed by atoms with Crippen molar-refractivity contribution < 1.29 is 27.9 Å². The highest BCUT2D eigenvalue weighted by atomic mass is 35.5. The lowest BCUT2D eigenvalue weighted by molar-refractivity contribution is -0.140. The summed E-state index contributed by atoms with van der Waals surface area (Å²) in [4.78, 5) is 41.1. The first-order valence-electron chi connectivity index (χ1n) is 10.1. The number of fused-ring (bicyclic) bond motifs is 1. The normalized spacial score (nSPS) is 18.1. The summed E-state index contributed by atoms with van der Waals surface area (Å²) in [6.45, 7) is -0.166. The largest absolute Gasteiger partial charge is 0.482 e. The van der Waals surface area contributed by atoms with Gasteiger partial charge in [0, 0.05) is 23.3 Å². The quantitative estimate of drug-likeness (QED) is 0.754. The molecular formula is C22H20ClF2N3O4. The Morgan fingerprint density at radius 1 is 1.12 bits per heavy atom. The van der Waals surface area contributed by atoms with Crippen LogP contribution in [0.4, 0.5) is 20.2 Å². The van der Waals surface area contributed by atoms with E-state index >= 15 is 0 Å². The molecule has 0 aliphatic carbocycles. The van der Waals surface area contributed by atoms with Gasteiger partial charge in [0.25, 0.3) is 5.91 Å². The minimum Gasteiger partial charge on any atom is -0.482 e. The smallest absolute Gasteiger partial charge is 0.265 e. The third kappa shape index (κ3) is 4.67. The molecule has 0 aromatic heterocycles. The number of likely N-dealkylation sites (tertiary alicyclic amines) is 1. The lowest BCUT2D eigenvalue weighted by Gasteiger charge is -2.37. The van der Waals surface area contributed by atoms with Crippen molar-refractivity contribution in [3.05, 3.63) is 53.1 Å². The zero-order valence-corrected chi connectivity index (χ0v) is 17.7. The first kappa shape index (κ1) is 22.0. The summed E-state index contributed by atoms with van der Waals surface area (Å²) in [5.41, 5.74) is 0.354. The second kappa shape index (κ2) is 9.12. The van der Waals surface area contributed by atoms with Crippen LogP contribution in [0, 0.1) is 11.6 Å². The first-order chi connectivity index (χ1) is 15.3. The Bertz CT molecular complexity index is 1060. The molecule has 1 fully saturated rings. The van der Waals surface area contributed by atoms with Crippen molar-refractivity contribution in [2.24, 2.45) is 0 Å². The molecule has 2 aliphatic rings. The molecule has 1 atom stereocenters. The number of carbonyl (C=O) groups excluding carboxylic acids is 3. The number of hydrogen-bond acceptors (Lipinski definition) is 4. The van der Waals surface area contributed by atoms with Crippen LogP contribution in [0.25, 0.3) is 0 Å². The van der Waals surface area contributed by atoms with Gasteiger partial charge in [-0.3, -0.25) is 19.3 Å².